The van der Waals surface area contributed by atoms with E-state index in [1.54, 1.807) is 18.2 Å². The summed E-state index contributed by atoms with van der Waals surface area (Å²) in [5.74, 6) is 0. The Morgan fingerprint density at radius 2 is 2.14 bits per heavy atom. The molecule has 0 aliphatic rings. The van der Waals surface area contributed by atoms with Crippen LogP contribution in [0.2, 0.25) is 10.0 Å². The smallest absolute Gasteiger partial charge is 0.305 e. The summed E-state index contributed by atoms with van der Waals surface area (Å²) in [5, 5.41) is 12.2. The summed E-state index contributed by atoms with van der Waals surface area (Å²) in [6.07, 6.45) is 0. The van der Waals surface area contributed by atoms with E-state index < -0.39 is 6.03 Å². The van der Waals surface area contributed by atoms with Gasteiger partial charge >= 0.3 is 6.03 Å². The van der Waals surface area contributed by atoms with Crippen molar-refractivity contribution in [2.75, 3.05) is 12.4 Å². The van der Waals surface area contributed by atoms with Crippen molar-refractivity contribution in [3.8, 4) is 0 Å². The van der Waals surface area contributed by atoms with Gasteiger partial charge in [-0.05, 0) is 12.1 Å². The lowest BCUT2D eigenvalue weighted by molar-refractivity contribution is -0.0118. The molecule has 0 saturated heterocycles. The topological polar surface area (TPSA) is 52.6 Å². The number of halogens is 2. The van der Waals surface area contributed by atoms with Crippen molar-refractivity contribution >= 4 is 34.9 Å². The van der Waals surface area contributed by atoms with E-state index in [2.05, 4.69) is 5.32 Å². The molecule has 0 spiro atoms. The summed E-state index contributed by atoms with van der Waals surface area (Å²) in [4.78, 5) is 11.0. The van der Waals surface area contributed by atoms with Gasteiger partial charge in [0.1, 0.15) is 0 Å². The van der Waals surface area contributed by atoms with Crippen molar-refractivity contribution in [1.29, 1.82) is 0 Å². The first kappa shape index (κ1) is 11.1. The highest BCUT2D eigenvalue weighted by molar-refractivity contribution is 6.43. The van der Waals surface area contributed by atoms with Gasteiger partial charge in [0.25, 0.3) is 0 Å². The van der Waals surface area contributed by atoms with Gasteiger partial charge in [-0.3, -0.25) is 5.21 Å². The molecule has 2 amide bonds. The number of benzene rings is 1. The van der Waals surface area contributed by atoms with E-state index in [-0.39, 0.29) is 5.02 Å². The Kier molecular flexibility index (Phi) is 3.57. The largest absolute Gasteiger partial charge is 0.345 e. The number of amides is 2. The summed E-state index contributed by atoms with van der Waals surface area (Å²) >= 11 is 11.5. The third-order valence-corrected chi connectivity index (χ3v) is 2.31. The third-order valence-electron chi connectivity index (χ3n) is 1.49. The summed E-state index contributed by atoms with van der Waals surface area (Å²) < 4.78 is 0. The number of hydroxylamine groups is 2. The fourth-order valence-electron chi connectivity index (χ4n) is 0.796. The maximum Gasteiger partial charge on any atom is 0.345 e. The Labute approximate surface area is 91.0 Å². The number of urea groups is 1. The average Bonchev–Trinajstić information content (AvgIpc) is 2.12. The summed E-state index contributed by atoms with van der Waals surface area (Å²) in [6, 6.07) is 4.13. The van der Waals surface area contributed by atoms with Crippen molar-refractivity contribution < 1.29 is 10.0 Å². The van der Waals surface area contributed by atoms with Crippen LogP contribution in [-0.4, -0.2) is 23.3 Å². The Bertz CT molecular complexity index is 355. The number of nitrogens with zero attached hydrogens (tertiary/aromatic N) is 1. The monoisotopic (exact) mass is 234 g/mol. The Morgan fingerprint density at radius 3 is 2.71 bits per heavy atom. The van der Waals surface area contributed by atoms with E-state index in [1.165, 1.54) is 7.05 Å². The van der Waals surface area contributed by atoms with Crippen LogP contribution in [0.4, 0.5) is 10.5 Å². The van der Waals surface area contributed by atoms with Gasteiger partial charge < -0.3 is 5.32 Å². The van der Waals surface area contributed by atoms with E-state index in [0.717, 1.165) is 0 Å². The Balaban J connectivity index is 2.87. The van der Waals surface area contributed by atoms with Gasteiger partial charge in [-0.15, -0.1) is 0 Å². The zero-order valence-corrected chi connectivity index (χ0v) is 8.80. The number of carbonyl (C=O) groups is 1. The molecule has 0 unspecified atom stereocenters. The van der Waals surface area contributed by atoms with Gasteiger partial charge in [-0.1, -0.05) is 29.3 Å². The average molecular weight is 235 g/mol. The molecule has 2 N–H and O–H groups in total. The van der Waals surface area contributed by atoms with Crippen molar-refractivity contribution in [3.63, 3.8) is 0 Å². The summed E-state index contributed by atoms with van der Waals surface area (Å²) in [5.41, 5.74) is 0.352. The molecule has 76 valence electrons. The molecule has 0 bridgehead atoms. The molecule has 0 aliphatic carbocycles. The molecule has 0 aliphatic heterocycles. The second-order valence-electron chi connectivity index (χ2n) is 2.56. The molecule has 1 aromatic rings. The van der Waals surface area contributed by atoms with Gasteiger partial charge in [0, 0.05) is 7.05 Å². The molecule has 0 atom stereocenters. The number of hydrogen-bond donors (Lipinski definition) is 2. The number of hydrogen-bond acceptors (Lipinski definition) is 2. The van der Waals surface area contributed by atoms with Crippen LogP contribution < -0.4 is 5.32 Å². The lowest BCUT2D eigenvalue weighted by atomic mass is 10.3. The van der Waals surface area contributed by atoms with Gasteiger partial charge in [0.2, 0.25) is 0 Å². The zero-order chi connectivity index (χ0) is 10.7. The Hall–Kier alpha value is -0.970. The molecular weight excluding hydrogens is 227 g/mol. The molecule has 1 aromatic carbocycles. The third kappa shape index (κ3) is 2.51. The van der Waals surface area contributed by atoms with Crippen LogP contribution >= 0.6 is 23.2 Å². The standard InChI is InChI=1S/C8H8Cl2N2O2/c1-12(14)8(13)11-6-4-2-3-5(9)7(6)10/h2-4,14H,1H3,(H,11,13). The van der Waals surface area contributed by atoms with Gasteiger partial charge in [-0.25, -0.2) is 9.86 Å². The number of rotatable bonds is 1. The van der Waals surface area contributed by atoms with Crippen LogP contribution in [0.25, 0.3) is 0 Å². The first-order chi connectivity index (χ1) is 6.52. The van der Waals surface area contributed by atoms with Gasteiger partial charge in [-0.2, -0.15) is 0 Å². The molecule has 0 radical (unpaired) electrons. The quantitative estimate of drug-likeness (QED) is 0.580. The van der Waals surface area contributed by atoms with E-state index in [1.807, 2.05) is 0 Å². The van der Waals surface area contributed by atoms with Crippen LogP contribution in [0, 0.1) is 0 Å². The van der Waals surface area contributed by atoms with Crippen molar-refractivity contribution in [2.45, 2.75) is 0 Å². The predicted molar refractivity (Wildman–Crippen MR) is 55.0 cm³/mol. The minimum atomic E-state index is -0.686. The number of carbonyl (C=O) groups excluding carboxylic acids is 1. The molecule has 0 aromatic heterocycles. The minimum absolute atomic E-state index is 0.240. The fraction of sp³-hybridized carbons (Fsp3) is 0.125. The van der Waals surface area contributed by atoms with Crippen LogP contribution in [0.15, 0.2) is 18.2 Å². The van der Waals surface area contributed by atoms with Crippen molar-refractivity contribution in [2.24, 2.45) is 0 Å². The van der Waals surface area contributed by atoms with Crippen LogP contribution in [0.5, 0.6) is 0 Å². The summed E-state index contributed by atoms with van der Waals surface area (Å²) in [7, 11) is 1.20. The number of anilines is 1. The van der Waals surface area contributed by atoms with Crippen molar-refractivity contribution in [3.05, 3.63) is 28.2 Å². The highest BCUT2D eigenvalue weighted by Gasteiger charge is 2.09. The maximum atomic E-state index is 11.0. The highest BCUT2D eigenvalue weighted by atomic mass is 35.5. The predicted octanol–water partition coefficient (Wildman–Crippen LogP) is 2.85. The van der Waals surface area contributed by atoms with E-state index in [0.29, 0.717) is 15.8 Å². The van der Waals surface area contributed by atoms with E-state index >= 15 is 0 Å². The molecule has 14 heavy (non-hydrogen) atoms. The van der Waals surface area contributed by atoms with Crippen LogP contribution in [-0.2, 0) is 0 Å². The van der Waals surface area contributed by atoms with Crippen LogP contribution in [0.3, 0.4) is 0 Å². The molecular formula is C8H8Cl2N2O2. The zero-order valence-electron chi connectivity index (χ0n) is 7.29. The first-order valence-electron chi connectivity index (χ1n) is 3.70. The molecule has 0 saturated carbocycles. The van der Waals surface area contributed by atoms with E-state index in [4.69, 9.17) is 28.4 Å². The van der Waals surface area contributed by atoms with Crippen LogP contribution in [0.1, 0.15) is 0 Å². The van der Waals surface area contributed by atoms with Gasteiger partial charge in [0.15, 0.2) is 0 Å². The second-order valence-corrected chi connectivity index (χ2v) is 3.34. The molecule has 0 heterocycles. The molecule has 1 rings (SSSR count). The summed E-state index contributed by atoms with van der Waals surface area (Å²) in [6.45, 7) is 0. The first-order valence-corrected chi connectivity index (χ1v) is 4.45. The highest BCUT2D eigenvalue weighted by Crippen LogP contribution is 2.29. The minimum Gasteiger partial charge on any atom is -0.305 e. The SMILES string of the molecule is CN(O)C(=O)Nc1cccc(Cl)c1Cl. The maximum absolute atomic E-state index is 11.0. The molecule has 6 heteroatoms. The fourth-order valence-corrected chi connectivity index (χ4v) is 1.14. The van der Waals surface area contributed by atoms with E-state index in [9.17, 15) is 4.79 Å². The lowest BCUT2D eigenvalue weighted by Gasteiger charge is -2.11. The molecule has 0 fully saturated rings. The molecule has 4 nitrogen and oxygen atoms in total. The lowest BCUT2D eigenvalue weighted by Crippen LogP contribution is -2.28. The Morgan fingerprint density at radius 1 is 1.50 bits per heavy atom. The van der Waals surface area contributed by atoms with Gasteiger partial charge in [0.05, 0.1) is 15.7 Å². The normalized spacial score (nSPS) is 9.71. The number of nitrogens with one attached hydrogen (secondary N) is 1. The van der Waals surface area contributed by atoms with Crippen molar-refractivity contribution in [1.82, 2.24) is 5.06 Å². The second kappa shape index (κ2) is 4.50.